The van der Waals surface area contributed by atoms with Gasteiger partial charge in [0, 0.05) is 6.54 Å². The first-order valence-corrected chi connectivity index (χ1v) is 6.70. The Morgan fingerprint density at radius 3 is 2.53 bits per heavy atom. The first kappa shape index (κ1) is 14.0. The van der Waals surface area contributed by atoms with Crippen molar-refractivity contribution in [2.75, 3.05) is 13.2 Å². The molecule has 0 aromatic heterocycles. The third-order valence-electron chi connectivity index (χ3n) is 3.78. The van der Waals surface area contributed by atoms with Crippen LogP contribution in [0.2, 0.25) is 0 Å². The van der Waals surface area contributed by atoms with Gasteiger partial charge in [-0.1, -0.05) is 0 Å². The zero-order valence-corrected chi connectivity index (χ0v) is 11.3. The highest BCUT2D eigenvalue weighted by Gasteiger charge is 2.58. The number of amides is 2. The van der Waals surface area contributed by atoms with E-state index in [2.05, 4.69) is 0 Å². The summed E-state index contributed by atoms with van der Waals surface area (Å²) in [5.41, 5.74) is 4.81. The van der Waals surface area contributed by atoms with Gasteiger partial charge >= 0.3 is 5.97 Å². The number of carbonyl (C=O) groups excluding carboxylic acids is 3. The standard InChI is InChI=1S/C13H20N2O4/c1-3-19-12(18)13(2,14)5-4-6-15-10(16)8-7-9(8)11(15)17/h8-9H,3-7,14H2,1-2H3. The lowest BCUT2D eigenvalue weighted by Gasteiger charge is -2.23. The molecule has 3 unspecified atom stereocenters. The van der Waals surface area contributed by atoms with Crippen LogP contribution >= 0.6 is 0 Å². The highest BCUT2D eigenvalue weighted by atomic mass is 16.5. The van der Waals surface area contributed by atoms with Crippen LogP contribution in [0.4, 0.5) is 0 Å². The van der Waals surface area contributed by atoms with Gasteiger partial charge in [0.25, 0.3) is 0 Å². The fourth-order valence-corrected chi connectivity index (χ4v) is 2.47. The second-order valence-electron chi connectivity index (χ2n) is 5.52. The molecule has 1 heterocycles. The first-order valence-electron chi connectivity index (χ1n) is 6.70. The van der Waals surface area contributed by atoms with Crippen LogP contribution in [0.25, 0.3) is 0 Å². The van der Waals surface area contributed by atoms with E-state index in [4.69, 9.17) is 10.5 Å². The van der Waals surface area contributed by atoms with Gasteiger partial charge in [-0.15, -0.1) is 0 Å². The van der Waals surface area contributed by atoms with Gasteiger partial charge in [0.05, 0.1) is 18.4 Å². The Bertz CT molecular complexity index is 399. The van der Waals surface area contributed by atoms with E-state index in [0.717, 1.165) is 0 Å². The summed E-state index contributed by atoms with van der Waals surface area (Å²) in [6.07, 6.45) is 1.62. The summed E-state index contributed by atoms with van der Waals surface area (Å²) < 4.78 is 4.88. The van der Waals surface area contributed by atoms with Crippen molar-refractivity contribution in [2.45, 2.75) is 38.6 Å². The van der Waals surface area contributed by atoms with Crippen LogP contribution in [0.15, 0.2) is 0 Å². The highest BCUT2D eigenvalue weighted by Crippen LogP contribution is 2.46. The number of imide groups is 1. The van der Waals surface area contributed by atoms with Gasteiger partial charge in [-0.3, -0.25) is 19.3 Å². The van der Waals surface area contributed by atoms with Crippen LogP contribution in [-0.2, 0) is 19.1 Å². The van der Waals surface area contributed by atoms with Crippen LogP contribution < -0.4 is 5.73 Å². The molecule has 1 saturated carbocycles. The predicted octanol–water partition coefficient (Wildman–Crippen LogP) is 0.0520. The number of hydrogen-bond acceptors (Lipinski definition) is 5. The van der Waals surface area contributed by atoms with Crippen molar-refractivity contribution in [1.82, 2.24) is 4.90 Å². The van der Waals surface area contributed by atoms with E-state index >= 15 is 0 Å². The normalized spacial score (nSPS) is 28.1. The molecule has 0 spiro atoms. The smallest absolute Gasteiger partial charge is 0.325 e. The molecule has 2 rings (SSSR count). The minimum atomic E-state index is -1.06. The number of hydrogen-bond donors (Lipinski definition) is 1. The molecule has 0 aromatic carbocycles. The highest BCUT2D eigenvalue weighted by molar-refractivity contribution is 6.08. The van der Waals surface area contributed by atoms with Crippen molar-refractivity contribution >= 4 is 17.8 Å². The van der Waals surface area contributed by atoms with Crippen molar-refractivity contribution in [3.05, 3.63) is 0 Å². The quantitative estimate of drug-likeness (QED) is 0.543. The molecule has 1 saturated heterocycles. The number of fused-ring (bicyclic) bond motifs is 1. The van der Waals surface area contributed by atoms with Crippen LogP contribution in [0.5, 0.6) is 0 Å². The molecule has 1 aliphatic heterocycles. The molecule has 2 N–H and O–H groups in total. The lowest BCUT2D eigenvalue weighted by molar-refractivity contribution is -0.149. The molecule has 106 valence electrons. The van der Waals surface area contributed by atoms with E-state index in [0.29, 0.717) is 25.8 Å². The first-order chi connectivity index (χ1) is 8.88. The summed E-state index contributed by atoms with van der Waals surface area (Å²) in [5.74, 6) is -0.713. The summed E-state index contributed by atoms with van der Waals surface area (Å²) >= 11 is 0. The Kier molecular flexibility index (Phi) is 3.62. The number of ether oxygens (including phenoxy) is 1. The van der Waals surface area contributed by atoms with Gasteiger partial charge in [0.1, 0.15) is 5.54 Å². The number of piperidine rings is 1. The molecule has 1 aliphatic carbocycles. The molecule has 19 heavy (non-hydrogen) atoms. The van der Waals surface area contributed by atoms with Gasteiger partial charge in [0.15, 0.2) is 0 Å². The van der Waals surface area contributed by atoms with Gasteiger partial charge in [0.2, 0.25) is 11.8 Å². The van der Waals surface area contributed by atoms with Crippen molar-refractivity contribution in [3.8, 4) is 0 Å². The maximum absolute atomic E-state index is 11.7. The maximum Gasteiger partial charge on any atom is 0.325 e. The topological polar surface area (TPSA) is 89.7 Å². The monoisotopic (exact) mass is 268 g/mol. The van der Waals surface area contributed by atoms with Crippen molar-refractivity contribution < 1.29 is 19.1 Å². The lowest BCUT2D eigenvalue weighted by atomic mass is 9.97. The Balaban J connectivity index is 1.79. The molecule has 2 fully saturated rings. The Morgan fingerprint density at radius 2 is 2.00 bits per heavy atom. The Labute approximate surface area is 112 Å². The summed E-state index contributed by atoms with van der Waals surface area (Å²) in [6.45, 7) is 3.97. The van der Waals surface area contributed by atoms with Crippen molar-refractivity contribution in [1.29, 1.82) is 0 Å². The second kappa shape index (κ2) is 4.92. The molecule has 0 radical (unpaired) electrons. The molecule has 2 amide bonds. The average Bonchev–Trinajstić information content (AvgIpc) is 3.09. The average molecular weight is 268 g/mol. The van der Waals surface area contributed by atoms with E-state index < -0.39 is 11.5 Å². The molecular formula is C13H20N2O4. The van der Waals surface area contributed by atoms with Gasteiger partial charge in [-0.2, -0.15) is 0 Å². The maximum atomic E-state index is 11.7. The van der Waals surface area contributed by atoms with Crippen LogP contribution in [0, 0.1) is 11.8 Å². The summed E-state index contributed by atoms with van der Waals surface area (Å²) in [4.78, 5) is 36.4. The largest absolute Gasteiger partial charge is 0.465 e. The van der Waals surface area contributed by atoms with Crippen molar-refractivity contribution in [3.63, 3.8) is 0 Å². The number of likely N-dealkylation sites (tertiary alicyclic amines) is 1. The molecule has 0 bridgehead atoms. The van der Waals surface area contributed by atoms with Crippen LogP contribution in [0.1, 0.15) is 33.1 Å². The molecule has 0 aromatic rings. The predicted molar refractivity (Wildman–Crippen MR) is 66.8 cm³/mol. The molecule has 6 nitrogen and oxygen atoms in total. The van der Waals surface area contributed by atoms with Gasteiger partial charge in [-0.05, 0) is 33.1 Å². The minimum Gasteiger partial charge on any atom is -0.465 e. The van der Waals surface area contributed by atoms with Gasteiger partial charge < -0.3 is 10.5 Å². The SMILES string of the molecule is CCOC(=O)C(C)(N)CCCN1C(=O)C2CC2C1=O. The van der Waals surface area contributed by atoms with Gasteiger partial charge in [-0.25, -0.2) is 0 Å². The van der Waals surface area contributed by atoms with E-state index in [1.807, 2.05) is 0 Å². The van der Waals surface area contributed by atoms with E-state index in [1.165, 1.54) is 4.90 Å². The van der Waals surface area contributed by atoms with E-state index in [9.17, 15) is 14.4 Å². The summed E-state index contributed by atoms with van der Waals surface area (Å²) in [6, 6.07) is 0. The third-order valence-corrected chi connectivity index (χ3v) is 3.78. The second-order valence-corrected chi connectivity index (χ2v) is 5.52. The van der Waals surface area contributed by atoms with E-state index in [1.54, 1.807) is 13.8 Å². The van der Waals surface area contributed by atoms with Crippen LogP contribution in [-0.4, -0.2) is 41.4 Å². The number of rotatable bonds is 6. The number of esters is 1. The molecule has 6 heteroatoms. The molecule has 3 atom stereocenters. The summed E-state index contributed by atoms with van der Waals surface area (Å²) in [5, 5.41) is 0. The number of nitrogens with two attached hydrogens (primary N) is 1. The minimum absolute atomic E-state index is 0.0649. The third kappa shape index (κ3) is 2.63. The summed E-state index contributed by atoms with van der Waals surface area (Å²) in [7, 11) is 0. The zero-order chi connectivity index (χ0) is 14.2. The zero-order valence-electron chi connectivity index (χ0n) is 11.3. The van der Waals surface area contributed by atoms with E-state index in [-0.39, 0.29) is 30.3 Å². The Hall–Kier alpha value is -1.43. The number of nitrogens with zero attached hydrogens (tertiary/aromatic N) is 1. The fourth-order valence-electron chi connectivity index (χ4n) is 2.47. The lowest BCUT2D eigenvalue weighted by Crippen LogP contribution is -2.47. The van der Waals surface area contributed by atoms with Crippen molar-refractivity contribution in [2.24, 2.45) is 17.6 Å². The number of carbonyl (C=O) groups is 3. The Morgan fingerprint density at radius 1 is 1.42 bits per heavy atom. The van der Waals surface area contributed by atoms with Crippen LogP contribution in [0.3, 0.4) is 0 Å². The fraction of sp³-hybridized carbons (Fsp3) is 0.769. The molecule has 2 aliphatic rings. The molecular weight excluding hydrogens is 248 g/mol.